The number of nitrogens with zero attached hydrogens (tertiary/aromatic N) is 3. The Bertz CT molecular complexity index is 1770. The van der Waals surface area contributed by atoms with Crippen LogP contribution >= 0.6 is 11.3 Å². The zero-order valence-electron chi connectivity index (χ0n) is 19.5. The van der Waals surface area contributed by atoms with Crippen molar-refractivity contribution in [3.05, 3.63) is 72.1 Å². The number of benzene rings is 1. The highest BCUT2D eigenvalue weighted by Crippen LogP contribution is 2.37. The molecule has 1 fully saturated rings. The Labute approximate surface area is 210 Å². The van der Waals surface area contributed by atoms with Crippen LogP contribution in [0.4, 0.5) is 5.69 Å². The fraction of sp³-hybridized carbons (Fsp3) is 0.143. The predicted octanol–water partition coefficient (Wildman–Crippen LogP) is 6.55. The molecular formula is C28H22N6OS. The van der Waals surface area contributed by atoms with Gasteiger partial charge in [-0.3, -0.25) is 19.9 Å². The normalized spacial score (nSPS) is 13.5. The maximum atomic E-state index is 12.2. The van der Waals surface area contributed by atoms with Crippen LogP contribution in [0.5, 0.6) is 0 Å². The molecule has 0 atom stereocenters. The molecule has 0 bridgehead atoms. The predicted molar refractivity (Wildman–Crippen MR) is 144 cm³/mol. The minimum Gasteiger partial charge on any atom is -0.352 e. The summed E-state index contributed by atoms with van der Waals surface area (Å²) >= 11 is 1.77. The van der Waals surface area contributed by atoms with Crippen LogP contribution in [0.15, 0.2) is 67.3 Å². The highest BCUT2D eigenvalue weighted by Gasteiger charge is 2.29. The van der Waals surface area contributed by atoms with Crippen LogP contribution in [0.3, 0.4) is 0 Å². The molecule has 1 aliphatic carbocycles. The Morgan fingerprint density at radius 1 is 0.944 bits per heavy atom. The van der Waals surface area contributed by atoms with Gasteiger partial charge in [0.05, 0.1) is 34.8 Å². The van der Waals surface area contributed by atoms with Crippen LogP contribution in [0.1, 0.15) is 17.7 Å². The molecule has 0 aliphatic heterocycles. The Kier molecular flexibility index (Phi) is 4.75. The molecule has 7 nitrogen and oxygen atoms in total. The van der Waals surface area contributed by atoms with Gasteiger partial charge in [0.25, 0.3) is 0 Å². The molecule has 7 rings (SSSR count). The Balaban J connectivity index is 1.28. The lowest BCUT2D eigenvalue weighted by Gasteiger charge is -2.07. The smallest absolute Gasteiger partial charge is 0.227 e. The van der Waals surface area contributed by atoms with Crippen molar-refractivity contribution in [3.63, 3.8) is 0 Å². The number of rotatable bonds is 5. The van der Waals surface area contributed by atoms with E-state index in [4.69, 9.17) is 0 Å². The van der Waals surface area contributed by atoms with E-state index in [2.05, 4.69) is 61.7 Å². The van der Waals surface area contributed by atoms with E-state index in [0.717, 1.165) is 68.4 Å². The van der Waals surface area contributed by atoms with Crippen molar-refractivity contribution < 1.29 is 4.79 Å². The first kappa shape index (κ1) is 21.0. The third kappa shape index (κ3) is 3.67. The van der Waals surface area contributed by atoms with Gasteiger partial charge in [0, 0.05) is 50.0 Å². The van der Waals surface area contributed by atoms with Crippen molar-refractivity contribution in [3.8, 4) is 33.0 Å². The molecular weight excluding hydrogens is 468 g/mol. The van der Waals surface area contributed by atoms with Crippen molar-refractivity contribution >= 4 is 44.7 Å². The van der Waals surface area contributed by atoms with Gasteiger partial charge in [-0.25, -0.2) is 0 Å². The first-order valence-electron chi connectivity index (χ1n) is 11.9. The molecule has 1 amide bonds. The molecule has 0 spiro atoms. The number of aromatic amines is 2. The van der Waals surface area contributed by atoms with E-state index < -0.39 is 0 Å². The Morgan fingerprint density at radius 2 is 1.83 bits per heavy atom. The molecule has 5 aromatic heterocycles. The molecule has 0 unspecified atom stereocenters. The van der Waals surface area contributed by atoms with Crippen molar-refractivity contribution in [2.75, 3.05) is 5.32 Å². The van der Waals surface area contributed by atoms with Gasteiger partial charge in [-0.1, -0.05) is 6.07 Å². The van der Waals surface area contributed by atoms with Gasteiger partial charge in [-0.2, -0.15) is 5.10 Å². The van der Waals surface area contributed by atoms with Crippen LogP contribution in [0.25, 0.3) is 54.8 Å². The summed E-state index contributed by atoms with van der Waals surface area (Å²) in [4.78, 5) is 27.0. The van der Waals surface area contributed by atoms with Crippen LogP contribution in [0.2, 0.25) is 0 Å². The Hall–Kier alpha value is -4.30. The second kappa shape index (κ2) is 8.13. The third-order valence-corrected chi connectivity index (χ3v) is 7.69. The van der Waals surface area contributed by atoms with Gasteiger partial charge in [-0.15, -0.1) is 11.3 Å². The number of hydrogen-bond donors (Lipinski definition) is 3. The lowest BCUT2D eigenvalue weighted by Crippen LogP contribution is -2.13. The van der Waals surface area contributed by atoms with Gasteiger partial charge >= 0.3 is 0 Å². The number of aromatic nitrogens is 5. The van der Waals surface area contributed by atoms with Gasteiger partial charge in [0.1, 0.15) is 5.69 Å². The molecule has 1 aromatic carbocycles. The van der Waals surface area contributed by atoms with Crippen molar-refractivity contribution in [1.29, 1.82) is 0 Å². The number of hydrogen-bond acceptors (Lipinski definition) is 5. The maximum absolute atomic E-state index is 12.2. The molecule has 1 saturated carbocycles. The summed E-state index contributed by atoms with van der Waals surface area (Å²) in [6.07, 6.45) is 9.23. The number of nitrogens with one attached hydrogen (secondary N) is 3. The largest absolute Gasteiger partial charge is 0.352 e. The minimum absolute atomic E-state index is 0.0758. The van der Waals surface area contributed by atoms with E-state index in [9.17, 15) is 4.79 Å². The molecule has 0 saturated heterocycles. The van der Waals surface area contributed by atoms with E-state index in [1.54, 1.807) is 17.5 Å². The summed E-state index contributed by atoms with van der Waals surface area (Å²) in [5.41, 5.74) is 7.49. The van der Waals surface area contributed by atoms with Crippen LogP contribution in [-0.2, 0) is 4.79 Å². The van der Waals surface area contributed by atoms with Gasteiger partial charge in [0.15, 0.2) is 0 Å². The molecule has 3 N–H and O–H groups in total. The van der Waals surface area contributed by atoms with Crippen molar-refractivity contribution in [2.24, 2.45) is 5.92 Å². The summed E-state index contributed by atoms with van der Waals surface area (Å²) in [7, 11) is 0. The SMILES string of the molecule is Cc1ccc(-c2cncc3[nH]c(-c4n[nH]c5ccc(-c6cncc(NC(=O)C7CC7)c6)cc45)cc23)s1. The second-order valence-electron chi connectivity index (χ2n) is 9.30. The number of carbonyl (C=O) groups is 1. The summed E-state index contributed by atoms with van der Waals surface area (Å²) in [6.45, 7) is 2.12. The molecule has 5 heterocycles. The van der Waals surface area contributed by atoms with Gasteiger partial charge in [-0.05, 0) is 61.7 Å². The number of carbonyl (C=O) groups excluding carboxylic acids is 1. The fourth-order valence-electron chi connectivity index (χ4n) is 4.61. The van der Waals surface area contributed by atoms with Crippen LogP contribution in [-0.4, -0.2) is 31.1 Å². The van der Waals surface area contributed by atoms with E-state index in [0.29, 0.717) is 0 Å². The first-order valence-corrected chi connectivity index (χ1v) is 12.7. The van der Waals surface area contributed by atoms with Crippen molar-refractivity contribution in [2.45, 2.75) is 19.8 Å². The summed E-state index contributed by atoms with van der Waals surface area (Å²) in [5, 5.41) is 12.9. The average Bonchev–Trinajstić information content (AvgIpc) is 3.30. The highest BCUT2D eigenvalue weighted by atomic mass is 32.1. The zero-order chi connectivity index (χ0) is 24.2. The number of amides is 1. The quantitative estimate of drug-likeness (QED) is 0.255. The topological polar surface area (TPSA) is 99.3 Å². The number of thiophene rings is 1. The lowest BCUT2D eigenvalue weighted by atomic mass is 10.0. The second-order valence-corrected chi connectivity index (χ2v) is 10.6. The number of H-pyrrole nitrogens is 2. The molecule has 176 valence electrons. The molecule has 1 aliphatic rings. The lowest BCUT2D eigenvalue weighted by molar-refractivity contribution is -0.117. The molecule has 8 heteroatoms. The summed E-state index contributed by atoms with van der Waals surface area (Å²) < 4.78 is 0. The zero-order valence-corrected chi connectivity index (χ0v) is 20.3. The van der Waals surface area contributed by atoms with Gasteiger partial charge in [0.2, 0.25) is 5.91 Å². The number of pyridine rings is 2. The van der Waals surface area contributed by atoms with Crippen LogP contribution in [0, 0.1) is 12.8 Å². The minimum atomic E-state index is 0.0758. The maximum Gasteiger partial charge on any atom is 0.227 e. The summed E-state index contributed by atoms with van der Waals surface area (Å²) in [6, 6.07) is 14.6. The van der Waals surface area contributed by atoms with Crippen LogP contribution < -0.4 is 5.32 Å². The fourth-order valence-corrected chi connectivity index (χ4v) is 5.50. The summed E-state index contributed by atoms with van der Waals surface area (Å²) in [5.74, 6) is 0.223. The molecule has 0 radical (unpaired) electrons. The highest BCUT2D eigenvalue weighted by molar-refractivity contribution is 7.15. The first-order chi connectivity index (χ1) is 17.6. The monoisotopic (exact) mass is 490 g/mol. The Morgan fingerprint density at radius 3 is 2.67 bits per heavy atom. The van der Waals surface area contributed by atoms with Gasteiger partial charge < -0.3 is 10.3 Å². The van der Waals surface area contributed by atoms with E-state index in [1.807, 2.05) is 36.8 Å². The number of aryl methyl sites for hydroxylation is 1. The number of anilines is 1. The molecule has 36 heavy (non-hydrogen) atoms. The van der Waals surface area contributed by atoms with E-state index >= 15 is 0 Å². The van der Waals surface area contributed by atoms with E-state index in [-0.39, 0.29) is 11.8 Å². The molecule has 6 aromatic rings. The third-order valence-electron chi connectivity index (χ3n) is 6.66. The standard InChI is InChI=1S/C28H22N6OS/c1-15-2-7-26(36-15)22-13-30-14-25-20(22)10-24(32-25)27-21-9-17(5-6-23(21)33-34-27)18-8-19(12-29-11-18)31-28(35)16-3-4-16/h2,5-14,16,32H,3-4H2,1H3,(H,31,35)(H,33,34). The van der Waals surface area contributed by atoms with E-state index in [1.165, 1.54) is 9.75 Å². The average molecular weight is 491 g/mol. The number of fused-ring (bicyclic) bond motifs is 2. The van der Waals surface area contributed by atoms with Crippen molar-refractivity contribution in [1.82, 2.24) is 25.1 Å².